The van der Waals surface area contributed by atoms with Crippen molar-refractivity contribution in [2.45, 2.75) is 65.8 Å². The summed E-state index contributed by atoms with van der Waals surface area (Å²) in [6.45, 7) is 11.8. The van der Waals surface area contributed by atoms with Crippen molar-refractivity contribution in [3.05, 3.63) is 0 Å². The molecule has 0 aliphatic rings. The van der Waals surface area contributed by atoms with Crippen LogP contribution in [0.25, 0.3) is 0 Å². The highest BCUT2D eigenvalue weighted by atomic mass is 32.1. The van der Waals surface area contributed by atoms with Crippen molar-refractivity contribution >= 4 is 12.6 Å². The van der Waals surface area contributed by atoms with Crippen LogP contribution in [-0.4, -0.2) is 29.8 Å². The van der Waals surface area contributed by atoms with E-state index in [9.17, 15) is 0 Å². The Bertz CT molecular complexity index is 148. The first-order valence-corrected chi connectivity index (χ1v) is 7.59. The standard InChI is InChI=1S/C14H31NS/c1-5-6-7-10-15(13(2)3)11-8-14(4)9-12-16/h13-14,16H,5-12H2,1-4H3. The molecule has 0 saturated heterocycles. The molecule has 0 saturated carbocycles. The maximum atomic E-state index is 4.30. The molecule has 1 unspecified atom stereocenters. The summed E-state index contributed by atoms with van der Waals surface area (Å²) in [7, 11) is 0. The van der Waals surface area contributed by atoms with Crippen molar-refractivity contribution in [2.24, 2.45) is 5.92 Å². The van der Waals surface area contributed by atoms with Gasteiger partial charge in [-0.1, -0.05) is 26.7 Å². The first kappa shape index (κ1) is 16.3. The van der Waals surface area contributed by atoms with Gasteiger partial charge in [0.2, 0.25) is 0 Å². The van der Waals surface area contributed by atoms with Crippen LogP contribution in [0.2, 0.25) is 0 Å². The zero-order chi connectivity index (χ0) is 12.4. The lowest BCUT2D eigenvalue weighted by atomic mass is 10.0. The molecule has 0 rings (SSSR count). The molecule has 0 aromatic heterocycles. The van der Waals surface area contributed by atoms with Gasteiger partial charge in [0.1, 0.15) is 0 Å². The molecule has 0 aromatic rings. The average molecular weight is 245 g/mol. The third kappa shape index (κ3) is 8.46. The lowest BCUT2D eigenvalue weighted by Crippen LogP contribution is -2.33. The van der Waals surface area contributed by atoms with Crippen LogP contribution >= 0.6 is 12.6 Å². The fourth-order valence-corrected chi connectivity index (χ4v) is 2.38. The fraction of sp³-hybridized carbons (Fsp3) is 1.00. The average Bonchev–Trinajstić information content (AvgIpc) is 2.23. The van der Waals surface area contributed by atoms with Crippen molar-refractivity contribution in [3.63, 3.8) is 0 Å². The number of unbranched alkanes of at least 4 members (excludes halogenated alkanes) is 2. The maximum absolute atomic E-state index is 4.30. The van der Waals surface area contributed by atoms with Gasteiger partial charge in [0.15, 0.2) is 0 Å². The summed E-state index contributed by atoms with van der Waals surface area (Å²) in [5, 5.41) is 0. The van der Waals surface area contributed by atoms with E-state index in [0.29, 0.717) is 6.04 Å². The van der Waals surface area contributed by atoms with E-state index in [2.05, 4.69) is 45.2 Å². The van der Waals surface area contributed by atoms with Gasteiger partial charge in [0.25, 0.3) is 0 Å². The number of hydrogen-bond acceptors (Lipinski definition) is 2. The smallest absolute Gasteiger partial charge is 0.00385 e. The summed E-state index contributed by atoms with van der Waals surface area (Å²) >= 11 is 4.30. The number of nitrogens with zero attached hydrogens (tertiary/aromatic N) is 1. The molecular formula is C14H31NS. The van der Waals surface area contributed by atoms with Crippen molar-refractivity contribution in [3.8, 4) is 0 Å². The Morgan fingerprint density at radius 2 is 1.69 bits per heavy atom. The first-order chi connectivity index (χ1) is 7.61. The Balaban J connectivity index is 3.75. The quantitative estimate of drug-likeness (QED) is 0.445. The van der Waals surface area contributed by atoms with E-state index >= 15 is 0 Å². The predicted molar refractivity (Wildman–Crippen MR) is 78.5 cm³/mol. The van der Waals surface area contributed by atoms with E-state index in [4.69, 9.17) is 0 Å². The molecule has 0 N–H and O–H groups in total. The third-order valence-electron chi connectivity index (χ3n) is 3.31. The monoisotopic (exact) mass is 245 g/mol. The van der Waals surface area contributed by atoms with E-state index in [-0.39, 0.29) is 0 Å². The topological polar surface area (TPSA) is 3.24 Å². The van der Waals surface area contributed by atoms with Gasteiger partial charge in [-0.25, -0.2) is 0 Å². The maximum Gasteiger partial charge on any atom is 0.00385 e. The van der Waals surface area contributed by atoms with Crippen LogP contribution in [0, 0.1) is 5.92 Å². The molecule has 0 amide bonds. The molecule has 0 bridgehead atoms. The highest BCUT2D eigenvalue weighted by molar-refractivity contribution is 7.80. The van der Waals surface area contributed by atoms with E-state index in [1.165, 1.54) is 45.2 Å². The number of thiol groups is 1. The lowest BCUT2D eigenvalue weighted by molar-refractivity contribution is 0.203. The second kappa shape index (κ2) is 10.5. The molecule has 98 valence electrons. The van der Waals surface area contributed by atoms with Crippen LogP contribution < -0.4 is 0 Å². The number of hydrogen-bond donors (Lipinski definition) is 1. The SMILES string of the molecule is CCCCCN(CCC(C)CCS)C(C)C. The molecule has 1 nitrogen and oxygen atoms in total. The van der Waals surface area contributed by atoms with Gasteiger partial charge in [-0.3, -0.25) is 0 Å². The van der Waals surface area contributed by atoms with E-state index in [1.807, 2.05) is 0 Å². The zero-order valence-corrected chi connectivity index (χ0v) is 12.6. The summed E-state index contributed by atoms with van der Waals surface area (Å²) in [6, 6.07) is 0.694. The van der Waals surface area contributed by atoms with Gasteiger partial charge in [0, 0.05) is 6.04 Å². The Morgan fingerprint density at radius 1 is 1.00 bits per heavy atom. The Hall–Kier alpha value is 0.310. The second-order valence-corrected chi connectivity index (χ2v) is 5.69. The van der Waals surface area contributed by atoms with Gasteiger partial charge >= 0.3 is 0 Å². The summed E-state index contributed by atoms with van der Waals surface area (Å²) in [5.74, 6) is 1.85. The normalized spacial score (nSPS) is 13.7. The summed E-state index contributed by atoms with van der Waals surface area (Å²) in [6.07, 6.45) is 6.63. The van der Waals surface area contributed by atoms with Crippen LogP contribution in [0.1, 0.15) is 59.8 Å². The Kier molecular flexibility index (Phi) is 10.7. The predicted octanol–water partition coefficient (Wildman–Crippen LogP) is 4.23. The minimum atomic E-state index is 0.694. The van der Waals surface area contributed by atoms with Crippen molar-refractivity contribution < 1.29 is 0 Å². The molecule has 0 fully saturated rings. The summed E-state index contributed by atoms with van der Waals surface area (Å²) in [5.41, 5.74) is 0. The zero-order valence-electron chi connectivity index (χ0n) is 11.7. The third-order valence-corrected chi connectivity index (χ3v) is 3.57. The molecule has 0 heterocycles. The second-order valence-electron chi connectivity index (χ2n) is 5.24. The van der Waals surface area contributed by atoms with Crippen LogP contribution in [0.5, 0.6) is 0 Å². The van der Waals surface area contributed by atoms with Crippen LogP contribution in [0.15, 0.2) is 0 Å². The molecule has 16 heavy (non-hydrogen) atoms. The minimum absolute atomic E-state index is 0.694. The molecule has 2 heteroatoms. The van der Waals surface area contributed by atoms with Crippen LogP contribution in [0.3, 0.4) is 0 Å². The van der Waals surface area contributed by atoms with Crippen LogP contribution in [-0.2, 0) is 0 Å². The highest BCUT2D eigenvalue weighted by Gasteiger charge is 2.10. The molecule has 0 aliphatic carbocycles. The largest absolute Gasteiger partial charge is 0.301 e. The molecule has 0 radical (unpaired) electrons. The van der Waals surface area contributed by atoms with Crippen molar-refractivity contribution in [1.82, 2.24) is 4.90 Å². The van der Waals surface area contributed by atoms with E-state index < -0.39 is 0 Å². The molecule has 0 aromatic carbocycles. The Labute approximate surface area is 108 Å². The van der Waals surface area contributed by atoms with E-state index in [1.54, 1.807) is 0 Å². The summed E-state index contributed by atoms with van der Waals surface area (Å²) < 4.78 is 0. The molecule has 0 spiro atoms. The minimum Gasteiger partial charge on any atom is -0.301 e. The Morgan fingerprint density at radius 3 is 2.19 bits per heavy atom. The van der Waals surface area contributed by atoms with Gasteiger partial charge < -0.3 is 4.90 Å². The van der Waals surface area contributed by atoms with E-state index in [0.717, 1.165) is 11.7 Å². The highest BCUT2D eigenvalue weighted by Crippen LogP contribution is 2.12. The fourth-order valence-electron chi connectivity index (χ4n) is 1.94. The first-order valence-electron chi connectivity index (χ1n) is 6.96. The van der Waals surface area contributed by atoms with Gasteiger partial charge in [-0.15, -0.1) is 0 Å². The van der Waals surface area contributed by atoms with Gasteiger partial charge in [-0.2, -0.15) is 12.6 Å². The molecule has 0 aliphatic heterocycles. The summed E-state index contributed by atoms with van der Waals surface area (Å²) in [4.78, 5) is 2.63. The molecular weight excluding hydrogens is 214 g/mol. The lowest BCUT2D eigenvalue weighted by Gasteiger charge is -2.27. The van der Waals surface area contributed by atoms with Crippen molar-refractivity contribution in [2.75, 3.05) is 18.8 Å². The number of rotatable bonds is 10. The van der Waals surface area contributed by atoms with Crippen molar-refractivity contribution in [1.29, 1.82) is 0 Å². The van der Waals surface area contributed by atoms with Crippen LogP contribution in [0.4, 0.5) is 0 Å². The molecule has 1 atom stereocenters. The van der Waals surface area contributed by atoms with Gasteiger partial charge in [0.05, 0.1) is 0 Å². The van der Waals surface area contributed by atoms with Gasteiger partial charge in [-0.05, 0) is 57.9 Å².